The number of rotatable bonds is 9. The standard InChI is InChI=1S/C24H29Cl2NO3/c1-2-3-4-21(24(28)29)18-11-13-27(14-12-18)16-17-5-7-19(8-6-17)30-20-9-10-22(25)23(26)15-20/h5-10,15,18,21H,2-4,11-14,16H2,1H3,(H,28,29). The van der Waals surface area contributed by atoms with E-state index in [0.717, 1.165) is 57.5 Å². The summed E-state index contributed by atoms with van der Waals surface area (Å²) in [6.45, 7) is 4.87. The van der Waals surface area contributed by atoms with E-state index in [0.29, 0.717) is 21.7 Å². The molecule has 0 aliphatic carbocycles. The average Bonchev–Trinajstić information content (AvgIpc) is 2.73. The molecule has 162 valence electrons. The molecule has 0 saturated carbocycles. The summed E-state index contributed by atoms with van der Waals surface area (Å²) in [7, 11) is 0. The molecule has 3 rings (SSSR count). The van der Waals surface area contributed by atoms with Gasteiger partial charge in [0, 0.05) is 12.6 Å². The number of unbranched alkanes of at least 4 members (excludes halogenated alkanes) is 1. The molecule has 4 nitrogen and oxygen atoms in total. The third-order valence-corrected chi connectivity index (χ3v) is 6.58. The number of hydrogen-bond donors (Lipinski definition) is 1. The van der Waals surface area contributed by atoms with Crippen molar-refractivity contribution in [3.05, 3.63) is 58.1 Å². The fraction of sp³-hybridized carbons (Fsp3) is 0.458. The summed E-state index contributed by atoms with van der Waals surface area (Å²) in [5, 5.41) is 10.5. The van der Waals surface area contributed by atoms with E-state index in [1.54, 1.807) is 18.2 Å². The molecule has 1 unspecified atom stereocenters. The quantitative estimate of drug-likeness (QED) is 0.452. The number of carboxylic acid groups (broad SMARTS) is 1. The Labute approximate surface area is 188 Å². The Morgan fingerprint density at radius 1 is 1.10 bits per heavy atom. The third-order valence-electron chi connectivity index (χ3n) is 5.84. The van der Waals surface area contributed by atoms with Crippen LogP contribution in [0.1, 0.15) is 44.6 Å². The maximum Gasteiger partial charge on any atom is 0.306 e. The van der Waals surface area contributed by atoms with E-state index in [4.69, 9.17) is 27.9 Å². The van der Waals surface area contributed by atoms with Crippen molar-refractivity contribution >= 4 is 29.2 Å². The number of likely N-dealkylation sites (tertiary alicyclic amines) is 1. The van der Waals surface area contributed by atoms with E-state index >= 15 is 0 Å². The Hall–Kier alpha value is -1.75. The van der Waals surface area contributed by atoms with Crippen LogP contribution in [0.25, 0.3) is 0 Å². The molecular weight excluding hydrogens is 421 g/mol. The summed E-state index contributed by atoms with van der Waals surface area (Å²) in [5.74, 6) is 0.878. The monoisotopic (exact) mass is 449 g/mol. The molecule has 1 saturated heterocycles. The van der Waals surface area contributed by atoms with E-state index in [9.17, 15) is 9.90 Å². The molecule has 0 spiro atoms. The molecular formula is C24H29Cl2NO3. The first-order valence-electron chi connectivity index (χ1n) is 10.6. The largest absolute Gasteiger partial charge is 0.481 e. The first kappa shape index (κ1) is 22.9. The molecule has 6 heteroatoms. The molecule has 2 aromatic rings. The molecule has 2 aromatic carbocycles. The fourth-order valence-electron chi connectivity index (χ4n) is 4.10. The van der Waals surface area contributed by atoms with Crippen LogP contribution in [0.3, 0.4) is 0 Å². The van der Waals surface area contributed by atoms with Crippen molar-refractivity contribution in [1.29, 1.82) is 0 Å². The van der Waals surface area contributed by atoms with Crippen LogP contribution in [-0.2, 0) is 11.3 Å². The number of ether oxygens (including phenoxy) is 1. The minimum Gasteiger partial charge on any atom is -0.481 e. The van der Waals surface area contributed by atoms with E-state index in [1.807, 2.05) is 12.1 Å². The number of piperidine rings is 1. The summed E-state index contributed by atoms with van der Waals surface area (Å²) in [6.07, 6.45) is 4.76. The zero-order valence-corrected chi connectivity index (χ0v) is 18.8. The number of benzene rings is 2. The summed E-state index contributed by atoms with van der Waals surface area (Å²) in [4.78, 5) is 14.0. The molecule has 0 bridgehead atoms. The number of hydrogen-bond acceptors (Lipinski definition) is 3. The lowest BCUT2D eigenvalue weighted by Gasteiger charge is -2.34. The Morgan fingerprint density at radius 2 is 1.77 bits per heavy atom. The van der Waals surface area contributed by atoms with Gasteiger partial charge in [-0.2, -0.15) is 0 Å². The van der Waals surface area contributed by atoms with Crippen LogP contribution < -0.4 is 4.74 Å². The highest BCUT2D eigenvalue weighted by Crippen LogP contribution is 2.31. The van der Waals surface area contributed by atoms with Crippen molar-refractivity contribution < 1.29 is 14.6 Å². The third kappa shape index (κ3) is 6.37. The van der Waals surface area contributed by atoms with Gasteiger partial charge in [0.1, 0.15) is 11.5 Å². The smallest absolute Gasteiger partial charge is 0.306 e. The zero-order valence-electron chi connectivity index (χ0n) is 17.3. The van der Waals surface area contributed by atoms with Gasteiger partial charge in [0.15, 0.2) is 0 Å². The second kappa shape index (κ2) is 11.0. The van der Waals surface area contributed by atoms with Crippen molar-refractivity contribution in [3.63, 3.8) is 0 Å². The van der Waals surface area contributed by atoms with Crippen LogP contribution in [-0.4, -0.2) is 29.1 Å². The van der Waals surface area contributed by atoms with E-state index in [-0.39, 0.29) is 5.92 Å². The fourth-order valence-corrected chi connectivity index (χ4v) is 4.38. The molecule has 0 aromatic heterocycles. The molecule has 30 heavy (non-hydrogen) atoms. The van der Waals surface area contributed by atoms with E-state index < -0.39 is 5.97 Å². The minimum atomic E-state index is -0.625. The Bertz CT molecular complexity index is 833. The van der Waals surface area contributed by atoms with Crippen molar-refractivity contribution in [2.75, 3.05) is 13.1 Å². The van der Waals surface area contributed by atoms with Crippen LogP contribution in [0.5, 0.6) is 11.5 Å². The molecule has 1 N–H and O–H groups in total. The Kier molecular flexibility index (Phi) is 8.43. The number of carboxylic acids is 1. The topological polar surface area (TPSA) is 49.8 Å². The average molecular weight is 450 g/mol. The normalized spacial score (nSPS) is 16.4. The first-order valence-corrected chi connectivity index (χ1v) is 11.4. The van der Waals surface area contributed by atoms with Gasteiger partial charge in [0.2, 0.25) is 0 Å². The summed E-state index contributed by atoms with van der Waals surface area (Å²) in [6, 6.07) is 13.3. The van der Waals surface area contributed by atoms with Crippen molar-refractivity contribution in [2.24, 2.45) is 11.8 Å². The molecule has 0 radical (unpaired) electrons. The lowest BCUT2D eigenvalue weighted by Crippen LogP contribution is -2.37. The van der Waals surface area contributed by atoms with Crippen molar-refractivity contribution in [2.45, 2.75) is 45.6 Å². The predicted molar refractivity (Wildman–Crippen MR) is 122 cm³/mol. The molecule has 0 amide bonds. The number of nitrogens with zero attached hydrogens (tertiary/aromatic N) is 1. The SMILES string of the molecule is CCCCC(C(=O)O)C1CCN(Cc2ccc(Oc3ccc(Cl)c(Cl)c3)cc2)CC1. The second-order valence-corrected chi connectivity index (χ2v) is 8.84. The van der Waals surface area contributed by atoms with Gasteiger partial charge in [-0.25, -0.2) is 0 Å². The lowest BCUT2D eigenvalue weighted by atomic mass is 9.81. The maximum atomic E-state index is 11.6. The molecule has 1 fully saturated rings. The lowest BCUT2D eigenvalue weighted by molar-refractivity contribution is -0.144. The highest BCUT2D eigenvalue weighted by Gasteiger charge is 2.30. The molecule has 1 heterocycles. The Balaban J connectivity index is 1.50. The number of aliphatic carboxylic acids is 1. The van der Waals surface area contributed by atoms with Crippen molar-refractivity contribution in [1.82, 2.24) is 4.90 Å². The van der Waals surface area contributed by atoms with E-state index in [1.165, 1.54) is 5.56 Å². The highest BCUT2D eigenvalue weighted by molar-refractivity contribution is 6.42. The minimum absolute atomic E-state index is 0.190. The van der Waals surface area contributed by atoms with E-state index in [2.05, 4.69) is 24.0 Å². The summed E-state index contributed by atoms with van der Waals surface area (Å²) >= 11 is 12.0. The second-order valence-electron chi connectivity index (χ2n) is 8.02. The molecule has 1 aliphatic rings. The van der Waals surface area contributed by atoms with Gasteiger partial charge < -0.3 is 9.84 Å². The van der Waals surface area contributed by atoms with Gasteiger partial charge >= 0.3 is 5.97 Å². The number of halogens is 2. The summed E-state index contributed by atoms with van der Waals surface area (Å²) < 4.78 is 5.84. The molecule has 1 atom stereocenters. The summed E-state index contributed by atoms with van der Waals surface area (Å²) in [5.41, 5.74) is 1.22. The predicted octanol–water partition coefficient (Wildman–Crippen LogP) is 6.89. The maximum absolute atomic E-state index is 11.6. The van der Waals surface area contributed by atoms with Crippen LogP contribution in [0.4, 0.5) is 0 Å². The zero-order chi connectivity index (χ0) is 21.5. The van der Waals surface area contributed by atoms with Crippen molar-refractivity contribution in [3.8, 4) is 11.5 Å². The number of carbonyl (C=O) groups is 1. The van der Waals surface area contributed by atoms with Crippen LogP contribution >= 0.6 is 23.2 Å². The van der Waals surface area contributed by atoms with Gasteiger partial charge in [0.25, 0.3) is 0 Å². The molecule has 1 aliphatic heterocycles. The van der Waals surface area contributed by atoms with Gasteiger partial charge in [-0.1, -0.05) is 55.1 Å². The first-order chi connectivity index (χ1) is 14.5. The van der Waals surface area contributed by atoms with Gasteiger partial charge in [0.05, 0.1) is 16.0 Å². The van der Waals surface area contributed by atoms with Gasteiger partial charge in [-0.05, 0) is 68.1 Å². The van der Waals surface area contributed by atoms with Crippen LogP contribution in [0.15, 0.2) is 42.5 Å². The van der Waals surface area contributed by atoms with Crippen LogP contribution in [0.2, 0.25) is 10.0 Å². The highest BCUT2D eigenvalue weighted by atomic mass is 35.5. The van der Waals surface area contributed by atoms with Gasteiger partial charge in [-0.3, -0.25) is 9.69 Å². The Morgan fingerprint density at radius 3 is 2.37 bits per heavy atom. The van der Waals surface area contributed by atoms with Gasteiger partial charge in [-0.15, -0.1) is 0 Å². The van der Waals surface area contributed by atoms with Crippen LogP contribution in [0, 0.1) is 11.8 Å².